The maximum atomic E-state index is 13.2. The molecule has 0 bridgehead atoms. The van der Waals surface area contributed by atoms with E-state index >= 15 is 0 Å². The van der Waals surface area contributed by atoms with E-state index in [2.05, 4.69) is 36.3 Å². The monoisotopic (exact) mass is 516 g/mol. The summed E-state index contributed by atoms with van der Waals surface area (Å²) in [5.74, 6) is -0.645. The Kier molecular flexibility index (Phi) is 5.77. The van der Waals surface area contributed by atoms with E-state index in [0.717, 1.165) is 15.6 Å². The van der Waals surface area contributed by atoms with Crippen molar-refractivity contribution < 1.29 is 9.18 Å². The minimum absolute atomic E-state index is 0.119. The van der Waals surface area contributed by atoms with Gasteiger partial charge in [0.25, 0.3) is 5.91 Å². The van der Waals surface area contributed by atoms with Gasteiger partial charge in [0.1, 0.15) is 22.7 Å². The van der Waals surface area contributed by atoms with Crippen molar-refractivity contribution in [3.63, 3.8) is 0 Å². The van der Waals surface area contributed by atoms with Gasteiger partial charge in [-0.15, -0.1) is 0 Å². The van der Waals surface area contributed by atoms with Crippen molar-refractivity contribution in [1.82, 2.24) is 20.0 Å². The van der Waals surface area contributed by atoms with E-state index in [4.69, 9.17) is 5.73 Å². The van der Waals surface area contributed by atoms with E-state index in [1.54, 1.807) is 18.3 Å². The predicted octanol–water partition coefficient (Wildman–Crippen LogP) is 4.88. The number of hydrogen-bond donors (Lipinski definition) is 2. The number of para-hydroxylation sites is 2. The van der Waals surface area contributed by atoms with Gasteiger partial charge in [-0.3, -0.25) is 4.79 Å². The van der Waals surface area contributed by atoms with Crippen LogP contribution in [0.4, 0.5) is 10.2 Å². The molecule has 0 unspecified atom stereocenters. The Labute approximate surface area is 202 Å². The van der Waals surface area contributed by atoms with E-state index < -0.39 is 5.91 Å². The van der Waals surface area contributed by atoms with Crippen LogP contribution in [0.1, 0.15) is 21.5 Å². The fraction of sp³-hybridized carbons (Fsp3) is 0.0400. The Bertz CT molecular complexity index is 1560. The molecule has 0 atom stereocenters. The lowest BCUT2D eigenvalue weighted by Crippen LogP contribution is -2.23. The molecule has 0 fully saturated rings. The summed E-state index contributed by atoms with van der Waals surface area (Å²) in [6.45, 7) is 0.202. The van der Waals surface area contributed by atoms with Crippen LogP contribution in [0.25, 0.3) is 22.2 Å². The number of carbonyl (C=O) groups excluding carboxylic acids is 1. The van der Waals surface area contributed by atoms with Crippen LogP contribution in [0.3, 0.4) is 0 Å². The van der Waals surface area contributed by atoms with Gasteiger partial charge in [-0.05, 0) is 47.5 Å². The summed E-state index contributed by atoms with van der Waals surface area (Å²) in [6, 6.07) is 20.9. The quantitative estimate of drug-likeness (QED) is 0.325. The van der Waals surface area contributed by atoms with Gasteiger partial charge in [0, 0.05) is 11.0 Å². The average molecular weight is 517 g/mol. The van der Waals surface area contributed by atoms with E-state index in [1.807, 2.05) is 48.5 Å². The Morgan fingerprint density at radius 3 is 2.53 bits per heavy atom. The Balaban J connectivity index is 1.58. The number of aromatic nitrogens is 3. The Hall–Kier alpha value is -4.11. The number of carbonyl (C=O) groups is 1. The smallest absolute Gasteiger partial charge is 0.257 e. The van der Waals surface area contributed by atoms with Gasteiger partial charge in [-0.2, -0.15) is 9.78 Å². The topological polar surface area (TPSA) is 98.2 Å². The third-order valence-corrected chi connectivity index (χ3v) is 5.73. The predicted molar refractivity (Wildman–Crippen MR) is 134 cm³/mol. The average Bonchev–Trinajstić information content (AvgIpc) is 3.10. The van der Waals surface area contributed by atoms with Crippen molar-refractivity contribution in [3.05, 3.63) is 99.8 Å². The second kappa shape index (κ2) is 9.03. The van der Waals surface area contributed by atoms with Crippen LogP contribution < -0.4 is 11.1 Å². The molecule has 0 aliphatic heterocycles. The van der Waals surface area contributed by atoms with Crippen LogP contribution in [0.15, 0.2) is 82.4 Å². The van der Waals surface area contributed by atoms with Crippen LogP contribution >= 0.6 is 15.9 Å². The van der Waals surface area contributed by atoms with Crippen LogP contribution in [0.2, 0.25) is 0 Å². The highest BCUT2D eigenvalue weighted by Gasteiger charge is 2.24. The fourth-order valence-electron chi connectivity index (χ4n) is 3.57. The highest BCUT2D eigenvalue weighted by atomic mass is 79.9. The normalized spacial score (nSPS) is 11.5. The number of amides is 1. The largest absolute Gasteiger partial charge is 0.383 e. The van der Waals surface area contributed by atoms with Gasteiger partial charge in [-0.1, -0.05) is 52.3 Å². The summed E-state index contributed by atoms with van der Waals surface area (Å²) >= 11 is 3.44. The molecule has 0 spiro atoms. The molecule has 0 aliphatic rings. The molecular formula is C25H18BrFN6O. The number of hydrogen-bond acceptors (Lipinski definition) is 5. The first kappa shape index (κ1) is 21.7. The second-order valence-corrected chi connectivity index (χ2v) is 8.48. The highest BCUT2D eigenvalue weighted by molar-refractivity contribution is 9.10. The molecule has 9 heteroatoms. The molecule has 3 aromatic carbocycles. The van der Waals surface area contributed by atoms with Gasteiger partial charge < -0.3 is 11.1 Å². The zero-order valence-corrected chi connectivity index (χ0v) is 19.3. The maximum Gasteiger partial charge on any atom is 0.257 e. The number of nitrogens with zero attached hydrogens (tertiary/aromatic N) is 4. The fourth-order valence-corrected chi connectivity index (χ4v) is 3.99. The standard InChI is InChI=1S/C25H18BrFN6O/c26-17-5-3-4-16(12-17)14-30-33-23(28)21(25(34)29-13-15-8-10-18(27)11-9-15)22-24(33)32-20-7-2-1-6-19(20)31-22/h1-12,14H,13,28H2,(H,29,34)/b30-14-. The first-order valence-electron chi connectivity index (χ1n) is 10.4. The lowest BCUT2D eigenvalue weighted by atomic mass is 10.2. The molecular weight excluding hydrogens is 499 g/mol. The zero-order chi connectivity index (χ0) is 23.7. The molecule has 7 nitrogen and oxygen atoms in total. The van der Waals surface area contributed by atoms with Gasteiger partial charge in [0.2, 0.25) is 0 Å². The van der Waals surface area contributed by atoms with E-state index in [-0.39, 0.29) is 23.7 Å². The molecule has 0 radical (unpaired) electrons. The Morgan fingerprint density at radius 2 is 1.79 bits per heavy atom. The molecule has 2 aromatic heterocycles. The number of rotatable bonds is 5. The van der Waals surface area contributed by atoms with Gasteiger partial charge >= 0.3 is 0 Å². The van der Waals surface area contributed by atoms with E-state index in [9.17, 15) is 9.18 Å². The molecule has 0 saturated carbocycles. The van der Waals surface area contributed by atoms with Crippen molar-refractivity contribution >= 4 is 56.1 Å². The number of nitrogen functional groups attached to an aromatic ring is 1. The van der Waals surface area contributed by atoms with Crippen molar-refractivity contribution in [2.24, 2.45) is 5.10 Å². The molecule has 1 amide bonds. The zero-order valence-electron chi connectivity index (χ0n) is 17.7. The summed E-state index contributed by atoms with van der Waals surface area (Å²) in [4.78, 5) is 22.5. The minimum atomic E-state index is -0.423. The molecule has 2 heterocycles. The molecule has 0 aliphatic carbocycles. The van der Waals surface area contributed by atoms with E-state index in [0.29, 0.717) is 22.2 Å². The number of nitrogens with two attached hydrogens (primary N) is 1. The number of nitrogens with one attached hydrogen (secondary N) is 1. The molecule has 0 saturated heterocycles. The summed E-state index contributed by atoms with van der Waals surface area (Å²) < 4.78 is 15.5. The lowest BCUT2D eigenvalue weighted by molar-refractivity contribution is 0.0953. The summed E-state index contributed by atoms with van der Waals surface area (Å²) in [5, 5.41) is 7.33. The Morgan fingerprint density at radius 1 is 1.06 bits per heavy atom. The van der Waals surface area contributed by atoms with Gasteiger partial charge in [-0.25, -0.2) is 14.4 Å². The van der Waals surface area contributed by atoms with Crippen LogP contribution in [-0.4, -0.2) is 26.8 Å². The van der Waals surface area contributed by atoms with Gasteiger partial charge in [0.05, 0.1) is 17.2 Å². The lowest BCUT2D eigenvalue weighted by Gasteiger charge is -2.06. The van der Waals surface area contributed by atoms with Gasteiger partial charge in [0.15, 0.2) is 5.65 Å². The highest BCUT2D eigenvalue weighted by Crippen LogP contribution is 2.28. The number of halogens is 2. The SMILES string of the molecule is Nc1c(C(=O)NCc2ccc(F)cc2)c2nc3ccccc3nc2n1/N=C\c1cccc(Br)c1. The third kappa shape index (κ3) is 4.25. The van der Waals surface area contributed by atoms with Crippen LogP contribution in [-0.2, 0) is 6.54 Å². The van der Waals surface area contributed by atoms with Crippen molar-refractivity contribution in [2.75, 3.05) is 5.73 Å². The molecule has 168 valence electrons. The number of anilines is 1. The number of benzene rings is 3. The van der Waals surface area contributed by atoms with Crippen LogP contribution in [0.5, 0.6) is 0 Å². The molecule has 34 heavy (non-hydrogen) atoms. The molecule has 5 aromatic rings. The summed E-state index contributed by atoms with van der Waals surface area (Å²) in [5.41, 5.74) is 10.2. The number of fused-ring (bicyclic) bond motifs is 2. The molecule has 5 rings (SSSR count). The second-order valence-electron chi connectivity index (χ2n) is 7.57. The van der Waals surface area contributed by atoms with Crippen molar-refractivity contribution in [1.29, 1.82) is 0 Å². The summed E-state index contributed by atoms with van der Waals surface area (Å²) in [6.07, 6.45) is 1.64. The maximum absolute atomic E-state index is 13.2. The van der Waals surface area contributed by atoms with Crippen molar-refractivity contribution in [2.45, 2.75) is 6.54 Å². The first-order chi connectivity index (χ1) is 16.5. The van der Waals surface area contributed by atoms with E-state index in [1.165, 1.54) is 16.8 Å². The first-order valence-corrected chi connectivity index (χ1v) is 11.2. The molecule has 3 N–H and O–H groups in total. The van der Waals surface area contributed by atoms with Crippen LogP contribution in [0, 0.1) is 5.82 Å². The summed E-state index contributed by atoms with van der Waals surface area (Å²) in [7, 11) is 0. The minimum Gasteiger partial charge on any atom is -0.383 e. The van der Waals surface area contributed by atoms with Crippen molar-refractivity contribution in [3.8, 4) is 0 Å². The third-order valence-electron chi connectivity index (χ3n) is 5.24.